The van der Waals surface area contributed by atoms with E-state index >= 15 is 0 Å². The molecule has 1 aromatic carbocycles. The number of likely N-dealkylation sites (tertiary alicyclic amines) is 1. The van der Waals surface area contributed by atoms with E-state index in [1.54, 1.807) is 7.11 Å². The molecule has 1 aliphatic carbocycles. The summed E-state index contributed by atoms with van der Waals surface area (Å²) in [4.78, 5) is 24.1. The van der Waals surface area contributed by atoms with Gasteiger partial charge >= 0.3 is 5.97 Å². The SMILES string of the molecule is COc1ccc(-c2ncc3c(n2)-c2c(c(C(=O)O)c(C4(CN)CN(C)C4)n2C)CC3)cc1. The minimum absolute atomic E-state index is 0.361. The van der Waals surface area contributed by atoms with Gasteiger partial charge in [-0.15, -0.1) is 0 Å². The number of benzene rings is 1. The Kier molecular flexibility index (Phi) is 4.79. The van der Waals surface area contributed by atoms with Gasteiger partial charge in [0.05, 0.1) is 24.1 Å². The van der Waals surface area contributed by atoms with Crippen LogP contribution in [-0.2, 0) is 25.3 Å². The monoisotopic (exact) mass is 433 g/mol. The molecule has 1 fully saturated rings. The fourth-order valence-electron chi connectivity index (χ4n) is 5.44. The first kappa shape index (κ1) is 20.7. The molecule has 1 aliphatic heterocycles. The van der Waals surface area contributed by atoms with Crippen molar-refractivity contribution < 1.29 is 14.6 Å². The molecule has 32 heavy (non-hydrogen) atoms. The van der Waals surface area contributed by atoms with Gasteiger partial charge in [0.25, 0.3) is 0 Å². The Bertz CT molecular complexity index is 1210. The second kappa shape index (κ2) is 7.43. The van der Waals surface area contributed by atoms with Crippen LogP contribution in [0.15, 0.2) is 30.5 Å². The van der Waals surface area contributed by atoms with Crippen LogP contribution in [0.4, 0.5) is 0 Å². The first-order valence-corrected chi connectivity index (χ1v) is 10.7. The zero-order valence-corrected chi connectivity index (χ0v) is 18.6. The van der Waals surface area contributed by atoms with Crippen LogP contribution >= 0.6 is 0 Å². The molecule has 2 aliphatic rings. The highest BCUT2D eigenvalue weighted by atomic mass is 16.5. The molecule has 0 radical (unpaired) electrons. The maximum absolute atomic E-state index is 12.4. The number of carbonyl (C=O) groups is 1. The summed E-state index contributed by atoms with van der Waals surface area (Å²) in [6.45, 7) is 1.89. The molecule has 0 unspecified atom stereocenters. The number of ether oxygens (including phenoxy) is 1. The average Bonchev–Trinajstić information content (AvgIpc) is 3.09. The lowest BCUT2D eigenvalue weighted by atomic mass is 9.75. The Morgan fingerprint density at radius 3 is 2.53 bits per heavy atom. The molecule has 3 aromatic rings. The zero-order valence-electron chi connectivity index (χ0n) is 18.6. The third kappa shape index (κ3) is 2.94. The number of carboxylic acids is 1. The predicted octanol–water partition coefficient (Wildman–Crippen LogP) is 2.10. The number of nitrogens with zero attached hydrogens (tertiary/aromatic N) is 4. The van der Waals surface area contributed by atoms with Crippen molar-refractivity contribution in [3.05, 3.63) is 52.8 Å². The maximum atomic E-state index is 12.4. The Balaban J connectivity index is 1.69. The summed E-state index contributed by atoms with van der Waals surface area (Å²) in [7, 11) is 5.61. The van der Waals surface area contributed by atoms with Crippen LogP contribution < -0.4 is 10.5 Å². The van der Waals surface area contributed by atoms with E-state index in [0.717, 1.165) is 52.6 Å². The Labute approximate surface area is 186 Å². The van der Waals surface area contributed by atoms with Gasteiger partial charge in [0.1, 0.15) is 5.75 Å². The molecule has 8 nitrogen and oxygen atoms in total. The smallest absolute Gasteiger partial charge is 0.337 e. The predicted molar refractivity (Wildman–Crippen MR) is 121 cm³/mol. The van der Waals surface area contributed by atoms with Crippen molar-refractivity contribution in [2.75, 3.05) is 33.8 Å². The summed E-state index contributed by atoms with van der Waals surface area (Å²) in [5.74, 6) is 0.479. The third-order valence-corrected chi connectivity index (χ3v) is 6.83. The quantitative estimate of drug-likeness (QED) is 0.635. The number of aromatic nitrogens is 3. The molecule has 0 amide bonds. The average molecular weight is 434 g/mol. The van der Waals surface area contributed by atoms with Gasteiger partial charge in [-0.2, -0.15) is 0 Å². The highest BCUT2D eigenvalue weighted by Crippen LogP contribution is 2.44. The molecule has 0 bridgehead atoms. The lowest BCUT2D eigenvalue weighted by Crippen LogP contribution is -2.62. The standard InChI is InChI=1S/C24H27N5O3/c1-28-12-24(11-25,13-28)21-18(23(30)31)17-9-6-15-10-26-22(27-19(15)20(17)29(21)2)14-4-7-16(32-3)8-5-14/h4-5,7-8,10H,6,9,11-13,25H2,1-3H3,(H,30,31). The Hall–Kier alpha value is -3.23. The molecule has 2 aromatic heterocycles. The van der Waals surface area contributed by atoms with Crippen LogP contribution in [-0.4, -0.2) is 64.3 Å². The minimum Gasteiger partial charge on any atom is -0.497 e. The van der Waals surface area contributed by atoms with Gasteiger partial charge < -0.3 is 25.0 Å². The number of aromatic carboxylic acids is 1. The van der Waals surface area contributed by atoms with E-state index in [9.17, 15) is 9.90 Å². The van der Waals surface area contributed by atoms with E-state index < -0.39 is 5.97 Å². The van der Waals surface area contributed by atoms with Crippen LogP contribution in [0.3, 0.4) is 0 Å². The van der Waals surface area contributed by atoms with Gasteiger partial charge in [-0.1, -0.05) is 0 Å². The molecular formula is C24H27N5O3. The van der Waals surface area contributed by atoms with Gasteiger partial charge in [-0.25, -0.2) is 14.8 Å². The van der Waals surface area contributed by atoms with E-state index in [-0.39, 0.29) is 5.41 Å². The van der Waals surface area contributed by atoms with Crippen molar-refractivity contribution in [3.8, 4) is 28.5 Å². The minimum atomic E-state index is -0.896. The van der Waals surface area contributed by atoms with Crippen LogP contribution in [0.5, 0.6) is 5.75 Å². The summed E-state index contributed by atoms with van der Waals surface area (Å²) >= 11 is 0. The molecular weight excluding hydrogens is 406 g/mol. The second-order valence-electron chi connectivity index (χ2n) is 8.87. The van der Waals surface area contributed by atoms with Crippen molar-refractivity contribution in [2.45, 2.75) is 18.3 Å². The number of rotatable bonds is 5. The largest absolute Gasteiger partial charge is 0.497 e. The maximum Gasteiger partial charge on any atom is 0.337 e. The van der Waals surface area contributed by atoms with Crippen LogP contribution in [0.1, 0.15) is 27.2 Å². The number of likely N-dealkylation sites (N-methyl/N-ethyl adjacent to an activating group) is 1. The summed E-state index contributed by atoms with van der Waals surface area (Å²) in [5.41, 5.74) is 11.5. The molecule has 8 heteroatoms. The second-order valence-corrected chi connectivity index (χ2v) is 8.87. The first-order chi connectivity index (χ1) is 15.4. The van der Waals surface area contributed by atoms with Gasteiger partial charge in [-0.05, 0) is 55.3 Å². The van der Waals surface area contributed by atoms with Crippen LogP contribution in [0.25, 0.3) is 22.8 Å². The molecule has 0 spiro atoms. The molecule has 5 rings (SSSR count). The van der Waals surface area contributed by atoms with Gasteiger partial charge in [0.15, 0.2) is 5.82 Å². The number of nitrogens with two attached hydrogens (primary N) is 1. The van der Waals surface area contributed by atoms with Crippen LogP contribution in [0.2, 0.25) is 0 Å². The topological polar surface area (TPSA) is 106 Å². The Morgan fingerprint density at radius 1 is 1.22 bits per heavy atom. The fourth-order valence-corrected chi connectivity index (χ4v) is 5.44. The number of hydrogen-bond acceptors (Lipinski definition) is 6. The van der Waals surface area contributed by atoms with Crippen molar-refractivity contribution in [1.82, 2.24) is 19.4 Å². The number of aryl methyl sites for hydroxylation is 1. The molecule has 0 saturated carbocycles. The zero-order chi connectivity index (χ0) is 22.6. The summed E-state index contributed by atoms with van der Waals surface area (Å²) in [5, 5.41) is 10.2. The fraction of sp³-hybridized carbons (Fsp3) is 0.375. The van der Waals surface area contributed by atoms with Gasteiger partial charge in [0.2, 0.25) is 0 Å². The Morgan fingerprint density at radius 2 is 1.94 bits per heavy atom. The molecule has 3 N–H and O–H groups in total. The van der Waals surface area contributed by atoms with E-state index in [1.807, 2.05) is 49.1 Å². The molecule has 3 heterocycles. The molecule has 1 saturated heterocycles. The van der Waals surface area contributed by atoms with Crippen molar-refractivity contribution in [1.29, 1.82) is 0 Å². The number of methoxy groups -OCH3 is 1. The summed E-state index contributed by atoms with van der Waals surface area (Å²) in [6.07, 6.45) is 3.23. The lowest BCUT2D eigenvalue weighted by Gasteiger charge is -2.48. The van der Waals surface area contributed by atoms with Crippen molar-refractivity contribution >= 4 is 5.97 Å². The van der Waals surface area contributed by atoms with Crippen molar-refractivity contribution in [2.24, 2.45) is 12.8 Å². The normalized spacial score (nSPS) is 16.8. The number of fused-ring (bicyclic) bond motifs is 3. The highest BCUT2D eigenvalue weighted by Gasteiger charge is 2.48. The first-order valence-electron chi connectivity index (χ1n) is 10.7. The van der Waals surface area contributed by atoms with Crippen molar-refractivity contribution in [3.63, 3.8) is 0 Å². The van der Waals surface area contributed by atoms with Gasteiger partial charge in [-0.3, -0.25) is 0 Å². The van der Waals surface area contributed by atoms with E-state index in [1.165, 1.54) is 0 Å². The van der Waals surface area contributed by atoms with E-state index in [2.05, 4.69) is 9.88 Å². The summed E-state index contributed by atoms with van der Waals surface area (Å²) < 4.78 is 7.28. The van der Waals surface area contributed by atoms with E-state index in [4.69, 9.17) is 15.5 Å². The number of carboxylic acid groups (broad SMARTS) is 1. The van der Waals surface area contributed by atoms with Crippen LogP contribution in [0, 0.1) is 0 Å². The summed E-state index contributed by atoms with van der Waals surface area (Å²) in [6, 6.07) is 7.61. The lowest BCUT2D eigenvalue weighted by molar-refractivity contribution is 0.0669. The van der Waals surface area contributed by atoms with E-state index in [0.29, 0.717) is 30.8 Å². The number of hydrogen-bond donors (Lipinski definition) is 2. The molecule has 0 atom stereocenters. The van der Waals surface area contributed by atoms with Gasteiger partial charge in [0, 0.05) is 49.6 Å². The molecule has 166 valence electrons. The highest BCUT2D eigenvalue weighted by molar-refractivity contribution is 5.95. The third-order valence-electron chi connectivity index (χ3n) is 6.83.